The summed E-state index contributed by atoms with van der Waals surface area (Å²) in [5.74, 6) is 1.08. The molecular weight excluding hydrogens is 256 g/mol. The molecule has 6 heteroatoms. The Labute approximate surface area is 117 Å². The molecule has 6 nitrogen and oxygen atoms in total. The Hall–Kier alpha value is -2.63. The van der Waals surface area contributed by atoms with Gasteiger partial charge in [0, 0.05) is 25.8 Å². The Balaban J connectivity index is 2.22. The van der Waals surface area contributed by atoms with Crippen molar-refractivity contribution in [1.82, 2.24) is 10.2 Å². The molecule has 20 heavy (non-hydrogen) atoms. The van der Waals surface area contributed by atoms with Crippen molar-refractivity contribution >= 4 is 17.4 Å². The summed E-state index contributed by atoms with van der Waals surface area (Å²) >= 11 is 0. The van der Waals surface area contributed by atoms with E-state index in [-0.39, 0.29) is 11.6 Å². The first-order chi connectivity index (χ1) is 9.65. The fourth-order valence-corrected chi connectivity index (χ4v) is 1.69. The lowest BCUT2D eigenvalue weighted by molar-refractivity contribution is 0.0987. The minimum atomic E-state index is -0.228. The second kappa shape index (κ2) is 6.01. The lowest BCUT2D eigenvalue weighted by Crippen LogP contribution is -2.27. The highest BCUT2D eigenvalue weighted by Crippen LogP contribution is 2.21. The predicted octanol–water partition coefficient (Wildman–Crippen LogP) is 1.80. The van der Waals surface area contributed by atoms with Crippen molar-refractivity contribution in [2.75, 3.05) is 31.4 Å². The molecule has 0 saturated carbocycles. The summed E-state index contributed by atoms with van der Waals surface area (Å²) in [7, 11) is 5.02. The third-order valence-electron chi connectivity index (χ3n) is 2.89. The number of aromatic nitrogens is 2. The molecule has 0 fully saturated rings. The Bertz CT molecular complexity index is 598. The van der Waals surface area contributed by atoms with Crippen molar-refractivity contribution in [1.29, 1.82) is 0 Å². The summed E-state index contributed by atoms with van der Waals surface area (Å²) in [5.41, 5.74) is 1.02. The molecule has 104 valence electrons. The number of nitrogens with one attached hydrogen (secondary N) is 1. The normalized spacial score (nSPS) is 9.95. The van der Waals surface area contributed by atoms with E-state index in [1.54, 1.807) is 39.4 Å². The summed E-state index contributed by atoms with van der Waals surface area (Å²) in [6, 6.07) is 10.6. The summed E-state index contributed by atoms with van der Waals surface area (Å²) < 4.78 is 5.15. The van der Waals surface area contributed by atoms with Crippen molar-refractivity contribution < 1.29 is 9.53 Å². The molecule has 0 aliphatic carbocycles. The third-order valence-corrected chi connectivity index (χ3v) is 2.89. The second-order valence-electron chi connectivity index (χ2n) is 4.12. The molecule has 0 spiro atoms. The van der Waals surface area contributed by atoms with Crippen molar-refractivity contribution in [3.8, 4) is 5.75 Å². The van der Waals surface area contributed by atoms with Crippen LogP contribution < -0.4 is 15.0 Å². The number of anilines is 2. The number of amides is 1. The Kier molecular flexibility index (Phi) is 4.14. The van der Waals surface area contributed by atoms with Crippen LogP contribution in [-0.2, 0) is 0 Å². The van der Waals surface area contributed by atoms with Gasteiger partial charge in [-0.2, -0.15) is 0 Å². The van der Waals surface area contributed by atoms with Crippen molar-refractivity contribution in [3.63, 3.8) is 0 Å². The number of rotatable bonds is 4. The Morgan fingerprint density at radius 2 is 2.05 bits per heavy atom. The van der Waals surface area contributed by atoms with Crippen LogP contribution >= 0.6 is 0 Å². The zero-order chi connectivity index (χ0) is 14.5. The van der Waals surface area contributed by atoms with E-state index in [1.807, 2.05) is 18.2 Å². The molecule has 0 bridgehead atoms. The number of nitrogens with zero attached hydrogens (tertiary/aromatic N) is 3. The average Bonchev–Trinajstić information content (AvgIpc) is 2.53. The van der Waals surface area contributed by atoms with Crippen LogP contribution in [0, 0.1) is 0 Å². The number of hydrogen-bond donors (Lipinski definition) is 1. The maximum Gasteiger partial charge on any atom is 0.278 e. The lowest BCUT2D eigenvalue weighted by Gasteiger charge is -2.17. The van der Waals surface area contributed by atoms with Gasteiger partial charge in [0.2, 0.25) is 0 Å². The summed E-state index contributed by atoms with van der Waals surface area (Å²) in [5, 5.41) is 10.7. The van der Waals surface area contributed by atoms with Crippen LogP contribution in [-0.4, -0.2) is 37.3 Å². The largest absolute Gasteiger partial charge is 0.497 e. The molecule has 1 N–H and O–H groups in total. The number of carbonyl (C=O) groups excluding carboxylic acids is 1. The fourth-order valence-electron chi connectivity index (χ4n) is 1.69. The van der Waals surface area contributed by atoms with Gasteiger partial charge in [-0.15, -0.1) is 10.2 Å². The van der Waals surface area contributed by atoms with Crippen molar-refractivity contribution in [2.24, 2.45) is 0 Å². The van der Waals surface area contributed by atoms with E-state index in [4.69, 9.17) is 4.74 Å². The molecule has 0 unspecified atom stereocenters. The molecule has 1 aromatic carbocycles. The molecule has 0 aliphatic heterocycles. The SMILES string of the molecule is CNc1ccc(C(=O)N(C)c2cccc(OC)c2)nn1. The molecular formula is C14H16N4O2. The Morgan fingerprint density at radius 3 is 2.65 bits per heavy atom. The summed E-state index contributed by atoms with van der Waals surface area (Å²) in [6.45, 7) is 0. The Morgan fingerprint density at radius 1 is 1.25 bits per heavy atom. The zero-order valence-corrected chi connectivity index (χ0v) is 11.6. The predicted molar refractivity (Wildman–Crippen MR) is 77.3 cm³/mol. The molecule has 0 aliphatic rings. The highest BCUT2D eigenvalue weighted by molar-refractivity contribution is 6.04. The quantitative estimate of drug-likeness (QED) is 0.919. The molecule has 1 amide bonds. The monoisotopic (exact) mass is 272 g/mol. The number of carbonyl (C=O) groups is 1. The van der Waals surface area contributed by atoms with Gasteiger partial charge in [0.25, 0.3) is 5.91 Å². The minimum absolute atomic E-state index is 0.228. The number of benzene rings is 1. The van der Waals surface area contributed by atoms with E-state index >= 15 is 0 Å². The average molecular weight is 272 g/mol. The van der Waals surface area contributed by atoms with Gasteiger partial charge in [-0.3, -0.25) is 4.79 Å². The van der Waals surface area contributed by atoms with Crippen LogP contribution in [0.3, 0.4) is 0 Å². The van der Waals surface area contributed by atoms with E-state index in [0.29, 0.717) is 11.6 Å². The summed E-state index contributed by atoms with van der Waals surface area (Å²) in [4.78, 5) is 13.8. The van der Waals surface area contributed by atoms with Gasteiger partial charge < -0.3 is 15.0 Å². The van der Waals surface area contributed by atoms with Gasteiger partial charge in [0.1, 0.15) is 11.6 Å². The van der Waals surface area contributed by atoms with Crippen molar-refractivity contribution in [3.05, 3.63) is 42.1 Å². The smallest absolute Gasteiger partial charge is 0.278 e. The van der Waals surface area contributed by atoms with Gasteiger partial charge in [-0.25, -0.2) is 0 Å². The van der Waals surface area contributed by atoms with Crippen LogP contribution in [0.2, 0.25) is 0 Å². The molecule has 0 atom stereocenters. The first-order valence-corrected chi connectivity index (χ1v) is 6.09. The van der Waals surface area contributed by atoms with E-state index in [1.165, 1.54) is 4.90 Å². The minimum Gasteiger partial charge on any atom is -0.497 e. The molecule has 0 saturated heterocycles. The highest BCUT2D eigenvalue weighted by atomic mass is 16.5. The molecule has 2 rings (SSSR count). The molecule has 0 radical (unpaired) electrons. The van der Waals surface area contributed by atoms with Crippen LogP contribution in [0.4, 0.5) is 11.5 Å². The van der Waals surface area contributed by atoms with Crippen LogP contribution in [0.25, 0.3) is 0 Å². The van der Waals surface area contributed by atoms with Crippen LogP contribution in [0.1, 0.15) is 10.5 Å². The van der Waals surface area contributed by atoms with E-state index < -0.39 is 0 Å². The fraction of sp³-hybridized carbons (Fsp3) is 0.214. The maximum absolute atomic E-state index is 12.3. The van der Waals surface area contributed by atoms with Gasteiger partial charge in [-0.1, -0.05) is 6.07 Å². The topological polar surface area (TPSA) is 67.4 Å². The first kappa shape index (κ1) is 13.8. The van der Waals surface area contributed by atoms with E-state index in [9.17, 15) is 4.79 Å². The van der Waals surface area contributed by atoms with Gasteiger partial charge in [0.05, 0.1) is 7.11 Å². The van der Waals surface area contributed by atoms with Crippen LogP contribution in [0.5, 0.6) is 5.75 Å². The first-order valence-electron chi connectivity index (χ1n) is 6.09. The standard InChI is InChI=1S/C14H16N4O2/c1-15-13-8-7-12(16-17-13)14(19)18(2)10-5-4-6-11(9-10)20-3/h4-9H,1-3H3,(H,15,17). The molecule has 1 aromatic heterocycles. The highest BCUT2D eigenvalue weighted by Gasteiger charge is 2.15. The number of methoxy groups -OCH3 is 1. The van der Waals surface area contributed by atoms with Crippen molar-refractivity contribution in [2.45, 2.75) is 0 Å². The number of ether oxygens (including phenoxy) is 1. The molecule has 1 heterocycles. The van der Waals surface area contributed by atoms with Crippen LogP contribution in [0.15, 0.2) is 36.4 Å². The second-order valence-corrected chi connectivity index (χ2v) is 4.12. The summed E-state index contributed by atoms with van der Waals surface area (Å²) in [6.07, 6.45) is 0. The van der Waals surface area contributed by atoms with Gasteiger partial charge in [-0.05, 0) is 24.3 Å². The van der Waals surface area contributed by atoms with E-state index in [2.05, 4.69) is 15.5 Å². The maximum atomic E-state index is 12.3. The zero-order valence-electron chi connectivity index (χ0n) is 11.6. The molecule has 2 aromatic rings. The number of hydrogen-bond acceptors (Lipinski definition) is 5. The third kappa shape index (κ3) is 2.85. The lowest BCUT2D eigenvalue weighted by atomic mass is 10.2. The van der Waals surface area contributed by atoms with Gasteiger partial charge in [0.15, 0.2) is 5.69 Å². The van der Waals surface area contributed by atoms with E-state index in [0.717, 1.165) is 5.69 Å². The van der Waals surface area contributed by atoms with Gasteiger partial charge >= 0.3 is 0 Å².